The number of rotatable bonds is 1. The Bertz CT molecular complexity index is 1150. The fourth-order valence-electron chi connectivity index (χ4n) is 3.48. The van der Waals surface area contributed by atoms with E-state index >= 15 is 0 Å². The molecule has 122 valence electrons. The number of benzene rings is 2. The molecule has 0 fully saturated rings. The van der Waals surface area contributed by atoms with Crippen molar-refractivity contribution in [2.75, 3.05) is 0 Å². The molecule has 25 heavy (non-hydrogen) atoms. The summed E-state index contributed by atoms with van der Waals surface area (Å²) in [6.45, 7) is 2.59. The first kappa shape index (κ1) is 14.6. The van der Waals surface area contributed by atoms with Crippen LogP contribution in [0.15, 0.2) is 70.2 Å². The molecule has 1 aliphatic rings. The van der Waals surface area contributed by atoms with Gasteiger partial charge in [0, 0.05) is 22.2 Å². The lowest BCUT2D eigenvalue weighted by Gasteiger charge is -2.10. The van der Waals surface area contributed by atoms with E-state index in [9.17, 15) is 0 Å². The molecular formula is C21H15ClN2O. The van der Waals surface area contributed by atoms with E-state index in [1.54, 1.807) is 0 Å². The second kappa shape index (κ2) is 5.36. The van der Waals surface area contributed by atoms with Crippen LogP contribution in [0.5, 0.6) is 0 Å². The molecule has 0 bridgehead atoms. The lowest BCUT2D eigenvalue weighted by Crippen LogP contribution is -2.07. The van der Waals surface area contributed by atoms with Gasteiger partial charge in [0.1, 0.15) is 11.3 Å². The maximum Gasteiger partial charge on any atom is 0.155 e. The normalized spacial score (nSPS) is 13.3. The Morgan fingerprint density at radius 3 is 2.84 bits per heavy atom. The third kappa shape index (κ3) is 2.16. The van der Waals surface area contributed by atoms with Crippen molar-refractivity contribution in [2.24, 2.45) is 4.99 Å². The Balaban J connectivity index is 1.75. The number of hydrogen-bond acceptors (Lipinski definition) is 2. The molecule has 0 saturated carbocycles. The first-order chi connectivity index (χ1) is 12.2. The summed E-state index contributed by atoms with van der Waals surface area (Å²) in [5.74, 6) is 0.785. The van der Waals surface area contributed by atoms with Gasteiger partial charge in [0.15, 0.2) is 5.76 Å². The molecule has 0 spiro atoms. The van der Waals surface area contributed by atoms with Gasteiger partial charge >= 0.3 is 0 Å². The van der Waals surface area contributed by atoms with Crippen molar-refractivity contribution >= 4 is 28.3 Å². The Labute approximate surface area is 150 Å². The number of aliphatic imine (C=N–C) groups is 1. The Hall–Kier alpha value is -2.78. The van der Waals surface area contributed by atoms with Crippen LogP contribution >= 0.6 is 11.6 Å². The molecule has 5 rings (SSSR count). The molecule has 0 unspecified atom stereocenters. The molecular weight excluding hydrogens is 332 g/mol. The third-order valence-corrected chi connectivity index (χ3v) is 5.07. The number of hydrogen-bond donors (Lipinski definition) is 0. The van der Waals surface area contributed by atoms with Crippen LogP contribution in [0.4, 0.5) is 0 Å². The van der Waals surface area contributed by atoms with Crippen LogP contribution in [0.1, 0.15) is 22.6 Å². The fourth-order valence-corrected chi connectivity index (χ4v) is 3.71. The number of furan rings is 1. The maximum absolute atomic E-state index is 6.42. The number of halogens is 1. The predicted molar refractivity (Wildman–Crippen MR) is 101 cm³/mol. The van der Waals surface area contributed by atoms with Crippen LogP contribution < -0.4 is 0 Å². The van der Waals surface area contributed by atoms with Crippen LogP contribution in [0, 0.1) is 6.92 Å². The van der Waals surface area contributed by atoms with E-state index in [1.165, 1.54) is 0 Å². The lowest BCUT2D eigenvalue weighted by atomic mass is 10.1. The summed E-state index contributed by atoms with van der Waals surface area (Å²) in [5.41, 5.74) is 6.01. The van der Waals surface area contributed by atoms with Crippen molar-refractivity contribution in [3.8, 4) is 5.69 Å². The number of aryl methyl sites for hydroxylation is 1. The van der Waals surface area contributed by atoms with Gasteiger partial charge in [0.05, 0.1) is 17.9 Å². The van der Waals surface area contributed by atoms with Gasteiger partial charge in [0.25, 0.3) is 0 Å². The summed E-state index contributed by atoms with van der Waals surface area (Å²) in [4.78, 5) is 4.85. The second-order valence-electron chi connectivity index (χ2n) is 6.27. The van der Waals surface area contributed by atoms with E-state index in [1.807, 2.05) is 30.5 Å². The van der Waals surface area contributed by atoms with E-state index in [4.69, 9.17) is 21.0 Å². The molecule has 4 aromatic rings. The quantitative estimate of drug-likeness (QED) is 0.445. The van der Waals surface area contributed by atoms with E-state index in [0.717, 1.165) is 50.0 Å². The number of aromatic nitrogens is 1. The van der Waals surface area contributed by atoms with Gasteiger partial charge in [-0.15, -0.1) is 0 Å². The number of nitrogens with zero attached hydrogens (tertiary/aromatic N) is 2. The number of fused-ring (bicyclic) bond motifs is 4. The van der Waals surface area contributed by atoms with Gasteiger partial charge in [-0.3, -0.25) is 4.99 Å². The molecule has 0 amide bonds. The molecule has 0 radical (unpaired) electrons. The van der Waals surface area contributed by atoms with Crippen LogP contribution in [-0.4, -0.2) is 10.3 Å². The van der Waals surface area contributed by atoms with Gasteiger partial charge in [-0.2, -0.15) is 0 Å². The van der Waals surface area contributed by atoms with Crippen molar-refractivity contribution in [2.45, 2.75) is 13.5 Å². The molecule has 0 atom stereocenters. The topological polar surface area (TPSA) is 30.4 Å². The molecule has 2 aromatic carbocycles. The van der Waals surface area contributed by atoms with E-state index in [2.05, 4.69) is 41.8 Å². The highest BCUT2D eigenvalue weighted by atomic mass is 35.5. The van der Waals surface area contributed by atoms with Crippen molar-refractivity contribution in [3.63, 3.8) is 0 Å². The minimum atomic E-state index is 0.530. The van der Waals surface area contributed by atoms with Crippen molar-refractivity contribution < 1.29 is 4.42 Å². The minimum Gasteiger partial charge on any atom is -0.454 e. The molecule has 2 aromatic heterocycles. The second-order valence-corrected chi connectivity index (χ2v) is 6.68. The van der Waals surface area contributed by atoms with Crippen LogP contribution in [0.3, 0.4) is 0 Å². The molecule has 3 nitrogen and oxygen atoms in total. The summed E-state index contributed by atoms with van der Waals surface area (Å²) < 4.78 is 8.30. The Kier molecular flexibility index (Phi) is 3.12. The lowest BCUT2D eigenvalue weighted by molar-refractivity contribution is 0.602. The van der Waals surface area contributed by atoms with Gasteiger partial charge in [-0.1, -0.05) is 35.9 Å². The molecule has 0 N–H and O–H groups in total. The average Bonchev–Trinajstić information content (AvgIpc) is 3.22. The molecule has 0 aliphatic carbocycles. The summed E-state index contributed by atoms with van der Waals surface area (Å²) in [7, 11) is 0. The summed E-state index contributed by atoms with van der Waals surface area (Å²) >= 11 is 6.42. The van der Waals surface area contributed by atoms with E-state index in [-0.39, 0.29) is 0 Å². The standard InChI is InChI=1S/C21H15ClN2O/c1-13-5-2-6-14-11-19(25-21(13)14)20-18-9-4-10-24(18)17-8-3-7-16(22)15(17)12-23-20/h2-11H,12H2,1H3. The van der Waals surface area contributed by atoms with Gasteiger partial charge in [-0.25, -0.2) is 0 Å². The zero-order valence-electron chi connectivity index (χ0n) is 13.7. The molecule has 0 saturated heterocycles. The highest BCUT2D eigenvalue weighted by molar-refractivity contribution is 6.31. The summed E-state index contributed by atoms with van der Waals surface area (Å²) in [5, 5.41) is 1.83. The SMILES string of the molecule is Cc1cccc2cc(C3=NCc4c(Cl)cccc4-n4cccc43)oc12. The Morgan fingerprint density at radius 1 is 1.08 bits per heavy atom. The molecule has 1 aliphatic heterocycles. The predicted octanol–water partition coefficient (Wildman–Crippen LogP) is 5.54. The monoisotopic (exact) mass is 346 g/mol. The number of para-hydroxylation sites is 1. The van der Waals surface area contributed by atoms with Crippen molar-refractivity contribution in [1.82, 2.24) is 4.57 Å². The van der Waals surface area contributed by atoms with Crippen LogP contribution in [0.2, 0.25) is 5.02 Å². The summed E-state index contributed by atoms with van der Waals surface area (Å²) in [6, 6.07) is 18.3. The van der Waals surface area contributed by atoms with Crippen LogP contribution in [-0.2, 0) is 6.54 Å². The fraction of sp³-hybridized carbons (Fsp3) is 0.0952. The smallest absolute Gasteiger partial charge is 0.155 e. The van der Waals surface area contributed by atoms with E-state index < -0.39 is 0 Å². The summed E-state index contributed by atoms with van der Waals surface area (Å²) in [6.07, 6.45) is 2.04. The van der Waals surface area contributed by atoms with Crippen LogP contribution in [0.25, 0.3) is 16.7 Å². The zero-order chi connectivity index (χ0) is 17.0. The zero-order valence-corrected chi connectivity index (χ0v) is 14.4. The first-order valence-corrected chi connectivity index (χ1v) is 8.59. The van der Waals surface area contributed by atoms with Gasteiger partial charge in [-0.05, 0) is 42.8 Å². The molecule has 4 heteroatoms. The van der Waals surface area contributed by atoms with Crippen molar-refractivity contribution in [1.29, 1.82) is 0 Å². The van der Waals surface area contributed by atoms with Gasteiger partial charge < -0.3 is 8.98 Å². The third-order valence-electron chi connectivity index (χ3n) is 4.71. The molecule has 3 heterocycles. The average molecular weight is 347 g/mol. The minimum absolute atomic E-state index is 0.530. The maximum atomic E-state index is 6.42. The Morgan fingerprint density at radius 2 is 1.96 bits per heavy atom. The highest BCUT2D eigenvalue weighted by Crippen LogP contribution is 2.31. The van der Waals surface area contributed by atoms with Gasteiger partial charge in [0.2, 0.25) is 0 Å². The van der Waals surface area contributed by atoms with Crippen molar-refractivity contribution in [3.05, 3.63) is 88.4 Å². The van der Waals surface area contributed by atoms with E-state index in [0.29, 0.717) is 6.54 Å². The largest absolute Gasteiger partial charge is 0.454 e. The first-order valence-electron chi connectivity index (χ1n) is 8.22. The highest BCUT2D eigenvalue weighted by Gasteiger charge is 2.22.